The third kappa shape index (κ3) is 3.63. The van der Waals surface area contributed by atoms with Crippen molar-refractivity contribution in [3.63, 3.8) is 0 Å². The second-order valence-corrected chi connectivity index (χ2v) is 8.87. The van der Waals surface area contributed by atoms with Crippen molar-refractivity contribution in [3.8, 4) is 0 Å². The molecule has 3 atom stereocenters. The highest BCUT2D eigenvalue weighted by Gasteiger charge is 2.42. The van der Waals surface area contributed by atoms with E-state index in [1.807, 2.05) is 0 Å². The van der Waals surface area contributed by atoms with Gasteiger partial charge in [0, 0.05) is 18.4 Å². The first-order chi connectivity index (χ1) is 9.27. The Kier molecular flexibility index (Phi) is 5.05. The molecule has 0 aromatic heterocycles. The Hall–Kier alpha value is 0.620. The van der Waals surface area contributed by atoms with E-state index in [9.17, 15) is 0 Å². The molecule has 3 saturated heterocycles. The molecule has 3 aliphatic rings. The molecule has 0 bridgehead atoms. The summed E-state index contributed by atoms with van der Waals surface area (Å²) in [6, 6.07) is 0.416. The zero-order chi connectivity index (χ0) is 13.1. The van der Waals surface area contributed by atoms with Crippen molar-refractivity contribution >= 4 is 23.5 Å². The normalized spacial score (nSPS) is 38.7. The van der Waals surface area contributed by atoms with Crippen molar-refractivity contribution in [2.75, 3.05) is 29.6 Å². The molecule has 1 spiro atoms. The van der Waals surface area contributed by atoms with E-state index < -0.39 is 0 Å². The van der Waals surface area contributed by atoms with Crippen LogP contribution >= 0.6 is 23.5 Å². The number of hydrogen-bond donors (Lipinski definition) is 1. The lowest BCUT2D eigenvalue weighted by Gasteiger charge is -2.41. The van der Waals surface area contributed by atoms with Gasteiger partial charge < -0.3 is 10.5 Å². The van der Waals surface area contributed by atoms with Crippen LogP contribution < -0.4 is 5.73 Å². The second kappa shape index (κ2) is 6.59. The molecule has 3 unspecified atom stereocenters. The fourth-order valence-corrected chi connectivity index (χ4v) is 6.44. The number of ether oxygens (including phenoxy) is 1. The number of rotatable bonds is 3. The Morgan fingerprint density at radius 2 is 2.00 bits per heavy atom. The Morgan fingerprint density at radius 1 is 1.16 bits per heavy atom. The summed E-state index contributed by atoms with van der Waals surface area (Å²) in [5.74, 6) is 6.80. The van der Waals surface area contributed by atoms with Gasteiger partial charge in [-0.3, -0.25) is 0 Å². The minimum Gasteiger partial charge on any atom is -0.374 e. The summed E-state index contributed by atoms with van der Waals surface area (Å²) in [5.41, 5.74) is 6.76. The van der Waals surface area contributed by atoms with Gasteiger partial charge in [0.1, 0.15) is 0 Å². The minimum absolute atomic E-state index is 0.202. The summed E-state index contributed by atoms with van der Waals surface area (Å²) in [7, 11) is 0. The second-order valence-electron chi connectivity index (χ2n) is 6.54. The first-order valence-corrected chi connectivity index (χ1v) is 10.1. The van der Waals surface area contributed by atoms with Crippen LogP contribution in [-0.2, 0) is 4.74 Å². The van der Waals surface area contributed by atoms with Crippen molar-refractivity contribution in [3.05, 3.63) is 0 Å². The maximum Gasteiger partial charge on any atom is 0.0783 e. The molecule has 110 valence electrons. The van der Waals surface area contributed by atoms with E-state index in [4.69, 9.17) is 10.5 Å². The van der Waals surface area contributed by atoms with Gasteiger partial charge in [0.15, 0.2) is 0 Å². The van der Waals surface area contributed by atoms with Gasteiger partial charge in [-0.1, -0.05) is 0 Å². The predicted octanol–water partition coefficient (Wildman–Crippen LogP) is 3.15. The third-order valence-electron chi connectivity index (χ3n) is 5.15. The van der Waals surface area contributed by atoms with Gasteiger partial charge in [-0.2, -0.15) is 23.5 Å². The van der Waals surface area contributed by atoms with Crippen LogP contribution in [0.1, 0.15) is 38.5 Å². The van der Waals surface area contributed by atoms with Crippen molar-refractivity contribution in [1.29, 1.82) is 0 Å². The fourth-order valence-electron chi connectivity index (χ4n) is 3.85. The Labute approximate surface area is 126 Å². The quantitative estimate of drug-likeness (QED) is 0.868. The van der Waals surface area contributed by atoms with Gasteiger partial charge in [0.2, 0.25) is 0 Å². The Balaban J connectivity index is 1.52. The molecule has 0 aromatic rings. The summed E-state index contributed by atoms with van der Waals surface area (Å²) >= 11 is 4.17. The van der Waals surface area contributed by atoms with Gasteiger partial charge in [-0.25, -0.2) is 0 Å². The van der Waals surface area contributed by atoms with Crippen LogP contribution in [0, 0.1) is 11.8 Å². The molecule has 19 heavy (non-hydrogen) atoms. The van der Waals surface area contributed by atoms with Crippen molar-refractivity contribution < 1.29 is 4.74 Å². The van der Waals surface area contributed by atoms with E-state index in [0.29, 0.717) is 12.0 Å². The summed E-state index contributed by atoms with van der Waals surface area (Å²) < 4.78 is 6.12. The van der Waals surface area contributed by atoms with E-state index in [1.54, 1.807) is 0 Å². The molecule has 3 heterocycles. The van der Waals surface area contributed by atoms with Crippen LogP contribution in [0.4, 0.5) is 0 Å². The van der Waals surface area contributed by atoms with Gasteiger partial charge in [0.25, 0.3) is 0 Å². The topological polar surface area (TPSA) is 35.2 Å². The maximum atomic E-state index is 6.56. The average Bonchev–Trinajstić information content (AvgIpc) is 2.88. The molecular formula is C15H27NOS2. The predicted molar refractivity (Wildman–Crippen MR) is 86.0 cm³/mol. The monoisotopic (exact) mass is 301 g/mol. The average molecular weight is 302 g/mol. The molecule has 3 fully saturated rings. The molecule has 2 nitrogen and oxygen atoms in total. The van der Waals surface area contributed by atoms with Crippen LogP contribution in [0.15, 0.2) is 0 Å². The van der Waals surface area contributed by atoms with Crippen LogP contribution in [0.5, 0.6) is 0 Å². The molecule has 3 rings (SSSR count). The van der Waals surface area contributed by atoms with Gasteiger partial charge in [-0.15, -0.1) is 0 Å². The summed E-state index contributed by atoms with van der Waals surface area (Å²) in [5, 5.41) is 0. The largest absolute Gasteiger partial charge is 0.374 e. The van der Waals surface area contributed by atoms with Crippen LogP contribution in [0.25, 0.3) is 0 Å². The lowest BCUT2D eigenvalue weighted by molar-refractivity contribution is -0.0841. The number of nitrogens with two attached hydrogens (primary N) is 1. The van der Waals surface area contributed by atoms with Crippen molar-refractivity contribution in [1.82, 2.24) is 0 Å². The third-order valence-corrected chi connectivity index (χ3v) is 7.42. The molecule has 0 amide bonds. The molecule has 0 aromatic carbocycles. The van der Waals surface area contributed by atoms with Crippen molar-refractivity contribution in [2.45, 2.75) is 50.2 Å². The summed E-state index contributed by atoms with van der Waals surface area (Å²) in [4.78, 5) is 0. The van der Waals surface area contributed by atoms with E-state index in [-0.39, 0.29) is 5.60 Å². The van der Waals surface area contributed by atoms with Crippen molar-refractivity contribution in [2.24, 2.45) is 17.6 Å². The van der Waals surface area contributed by atoms with Gasteiger partial charge in [-0.05, 0) is 67.6 Å². The fraction of sp³-hybridized carbons (Fsp3) is 1.00. The smallest absolute Gasteiger partial charge is 0.0783 e. The van der Waals surface area contributed by atoms with E-state index in [2.05, 4.69) is 23.5 Å². The molecular weight excluding hydrogens is 274 g/mol. The zero-order valence-electron chi connectivity index (χ0n) is 11.8. The molecule has 0 radical (unpaired) electrons. The Bertz CT molecular complexity index is 288. The lowest BCUT2D eigenvalue weighted by Crippen LogP contribution is -2.46. The molecule has 0 saturated carbocycles. The van der Waals surface area contributed by atoms with Gasteiger partial charge >= 0.3 is 0 Å². The highest BCUT2D eigenvalue weighted by Crippen LogP contribution is 2.42. The van der Waals surface area contributed by atoms with Crippen LogP contribution in [0.3, 0.4) is 0 Å². The lowest BCUT2D eigenvalue weighted by atomic mass is 9.78. The van der Waals surface area contributed by atoms with E-state index >= 15 is 0 Å². The van der Waals surface area contributed by atoms with Crippen LogP contribution in [0.2, 0.25) is 0 Å². The number of hydrogen-bond acceptors (Lipinski definition) is 4. The number of thioether (sulfide) groups is 2. The molecule has 4 heteroatoms. The SMILES string of the molecule is NC(CC1CCSCC1)C1CCOC2(CCSC2)C1. The summed E-state index contributed by atoms with van der Waals surface area (Å²) in [6.07, 6.45) is 7.71. The van der Waals surface area contributed by atoms with Gasteiger partial charge in [0.05, 0.1) is 5.60 Å². The summed E-state index contributed by atoms with van der Waals surface area (Å²) in [6.45, 7) is 0.944. The van der Waals surface area contributed by atoms with E-state index in [1.165, 1.54) is 61.5 Å². The molecule has 2 N–H and O–H groups in total. The maximum absolute atomic E-state index is 6.56. The molecule has 3 aliphatic heterocycles. The standard InChI is InChI=1S/C15H27NOS2/c16-14(9-12-2-6-18-7-3-12)13-1-5-17-15(10-13)4-8-19-11-15/h12-14H,1-11,16H2. The van der Waals surface area contributed by atoms with E-state index in [0.717, 1.165) is 12.5 Å². The Morgan fingerprint density at radius 3 is 2.74 bits per heavy atom. The first-order valence-electron chi connectivity index (χ1n) is 7.82. The highest BCUT2D eigenvalue weighted by atomic mass is 32.2. The molecule has 0 aliphatic carbocycles. The first kappa shape index (κ1) is 14.6. The zero-order valence-corrected chi connectivity index (χ0v) is 13.4. The minimum atomic E-state index is 0.202. The van der Waals surface area contributed by atoms with Crippen LogP contribution in [-0.4, -0.2) is 41.3 Å². The highest BCUT2D eigenvalue weighted by molar-refractivity contribution is 7.99.